The Balaban J connectivity index is 2.21. The van der Waals surface area contributed by atoms with Crippen LogP contribution in [0.2, 0.25) is 0 Å². The Hall–Kier alpha value is -2.95. The number of hydrogen-bond donors (Lipinski definition) is 1. The molecule has 0 bridgehead atoms. The zero-order chi connectivity index (χ0) is 18.9. The molecule has 1 amide bonds. The van der Waals surface area contributed by atoms with E-state index >= 15 is 0 Å². The summed E-state index contributed by atoms with van der Waals surface area (Å²) in [6, 6.07) is 12.6. The highest BCUT2D eigenvalue weighted by Crippen LogP contribution is 2.30. The molecule has 1 N–H and O–H groups in total. The molecule has 1 atom stereocenters. The molecule has 5 heteroatoms. The van der Waals surface area contributed by atoms with Crippen LogP contribution in [0.25, 0.3) is 0 Å². The average molecular weight is 355 g/mol. The van der Waals surface area contributed by atoms with Gasteiger partial charge in [-0.15, -0.1) is 0 Å². The fourth-order valence-electron chi connectivity index (χ4n) is 2.67. The number of methoxy groups -OCH3 is 2. The van der Waals surface area contributed by atoms with Crippen LogP contribution in [0.5, 0.6) is 17.2 Å². The van der Waals surface area contributed by atoms with Gasteiger partial charge in [0.15, 0.2) is 11.5 Å². The molecule has 1 unspecified atom stereocenters. The van der Waals surface area contributed by atoms with Gasteiger partial charge in [0.1, 0.15) is 12.4 Å². The highest BCUT2D eigenvalue weighted by Gasteiger charge is 2.18. The second kappa shape index (κ2) is 9.51. The van der Waals surface area contributed by atoms with Gasteiger partial charge in [-0.1, -0.05) is 37.8 Å². The molecule has 2 aromatic rings. The Kier molecular flexibility index (Phi) is 7.09. The van der Waals surface area contributed by atoms with Crippen LogP contribution >= 0.6 is 0 Å². The fraction of sp³-hybridized carbons (Fsp3) is 0.286. The maximum atomic E-state index is 12.7. The van der Waals surface area contributed by atoms with Crippen LogP contribution in [0.15, 0.2) is 55.1 Å². The van der Waals surface area contributed by atoms with E-state index in [2.05, 4.69) is 11.9 Å². The van der Waals surface area contributed by atoms with E-state index in [9.17, 15) is 4.79 Å². The molecule has 0 aromatic heterocycles. The predicted octanol–water partition coefficient (Wildman–Crippen LogP) is 4.15. The maximum Gasteiger partial charge on any atom is 0.251 e. The Bertz CT molecular complexity index is 757. The van der Waals surface area contributed by atoms with Gasteiger partial charge in [0, 0.05) is 11.1 Å². The summed E-state index contributed by atoms with van der Waals surface area (Å²) >= 11 is 0. The monoisotopic (exact) mass is 355 g/mol. The Labute approximate surface area is 154 Å². The van der Waals surface area contributed by atoms with E-state index in [0.29, 0.717) is 23.7 Å². The van der Waals surface area contributed by atoms with Crippen molar-refractivity contribution in [1.29, 1.82) is 0 Å². The standard InChI is InChI=1S/C21H25NO4/c1-5-13-26-19-12-11-15(14-20(19)25-4)21(23)22-17(6-2)16-9-7-8-10-18(16)24-3/h5,7-12,14,17H,1,6,13H2,2-4H3,(H,22,23). The number of rotatable bonds is 9. The Morgan fingerprint density at radius 1 is 1.12 bits per heavy atom. The lowest BCUT2D eigenvalue weighted by molar-refractivity contribution is 0.0934. The highest BCUT2D eigenvalue weighted by molar-refractivity contribution is 5.95. The predicted molar refractivity (Wildman–Crippen MR) is 102 cm³/mol. The summed E-state index contributed by atoms with van der Waals surface area (Å²) in [4.78, 5) is 12.7. The van der Waals surface area contributed by atoms with Crippen molar-refractivity contribution < 1.29 is 19.0 Å². The van der Waals surface area contributed by atoms with Crippen molar-refractivity contribution in [1.82, 2.24) is 5.32 Å². The lowest BCUT2D eigenvalue weighted by atomic mass is 10.0. The quantitative estimate of drug-likeness (QED) is 0.687. The largest absolute Gasteiger partial charge is 0.496 e. The Morgan fingerprint density at radius 3 is 2.50 bits per heavy atom. The molecule has 0 fully saturated rings. The molecule has 0 saturated heterocycles. The summed E-state index contributed by atoms with van der Waals surface area (Å²) in [7, 11) is 3.17. The number of hydrogen-bond acceptors (Lipinski definition) is 4. The molecular weight excluding hydrogens is 330 g/mol. The molecule has 0 aliphatic heterocycles. The first-order valence-electron chi connectivity index (χ1n) is 8.50. The van der Waals surface area contributed by atoms with Crippen LogP contribution in [0.4, 0.5) is 0 Å². The first-order chi connectivity index (χ1) is 12.6. The molecule has 0 saturated carbocycles. The third-order valence-corrected chi connectivity index (χ3v) is 4.01. The van der Waals surface area contributed by atoms with Gasteiger partial charge in [0.2, 0.25) is 0 Å². The lowest BCUT2D eigenvalue weighted by Crippen LogP contribution is -2.28. The number of ether oxygens (including phenoxy) is 3. The highest BCUT2D eigenvalue weighted by atomic mass is 16.5. The minimum atomic E-state index is -0.184. The molecule has 5 nitrogen and oxygen atoms in total. The molecule has 2 rings (SSSR count). The van der Waals surface area contributed by atoms with Gasteiger partial charge in [-0.2, -0.15) is 0 Å². The van der Waals surface area contributed by atoms with Crippen LogP contribution in [0.3, 0.4) is 0 Å². The van der Waals surface area contributed by atoms with E-state index < -0.39 is 0 Å². The first kappa shape index (κ1) is 19.4. The van der Waals surface area contributed by atoms with Gasteiger partial charge in [-0.05, 0) is 30.7 Å². The van der Waals surface area contributed by atoms with Crippen molar-refractivity contribution in [2.45, 2.75) is 19.4 Å². The topological polar surface area (TPSA) is 56.8 Å². The second-order valence-electron chi connectivity index (χ2n) is 5.64. The number of nitrogens with one attached hydrogen (secondary N) is 1. The molecule has 0 aliphatic rings. The normalized spacial score (nSPS) is 11.3. The minimum absolute atomic E-state index is 0.152. The van der Waals surface area contributed by atoms with E-state index in [0.717, 1.165) is 17.7 Å². The second-order valence-corrected chi connectivity index (χ2v) is 5.64. The zero-order valence-corrected chi connectivity index (χ0v) is 15.5. The zero-order valence-electron chi connectivity index (χ0n) is 15.5. The molecule has 2 aromatic carbocycles. The molecule has 138 valence electrons. The van der Waals surface area contributed by atoms with E-state index in [1.54, 1.807) is 38.5 Å². The summed E-state index contributed by atoms with van der Waals surface area (Å²) in [6.45, 7) is 6.01. The number of benzene rings is 2. The van der Waals surface area contributed by atoms with E-state index in [-0.39, 0.29) is 11.9 Å². The molecule has 0 aliphatic carbocycles. The number of para-hydroxylation sites is 1. The summed E-state index contributed by atoms with van der Waals surface area (Å²) < 4.78 is 16.3. The van der Waals surface area contributed by atoms with Gasteiger partial charge in [0.05, 0.1) is 20.3 Å². The lowest BCUT2D eigenvalue weighted by Gasteiger charge is -2.20. The van der Waals surface area contributed by atoms with Crippen molar-refractivity contribution in [2.24, 2.45) is 0 Å². The number of carbonyl (C=O) groups is 1. The molecule has 0 heterocycles. The third kappa shape index (κ3) is 4.57. The van der Waals surface area contributed by atoms with Crippen molar-refractivity contribution >= 4 is 5.91 Å². The fourth-order valence-corrected chi connectivity index (χ4v) is 2.67. The van der Waals surface area contributed by atoms with Gasteiger partial charge in [0.25, 0.3) is 5.91 Å². The van der Waals surface area contributed by atoms with Gasteiger partial charge in [-0.25, -0.2) is 0 Å². The van der Waals surface area contributed by atoms with Crippen LogP contribution in [0.1, 0.15) is 35.3 Å². The van der Waals surface area contributed by atoms with Crippen LogP contribution in [0, 0.1) is 0 Å². The molecular formula is C21H25NO4. The van der Waals surface area contributed by atoms with Crippen LogP contribution in [-0.4, -0.2) is 26.7 Å². The summed E-state index contributed by atoms with van der Waals surface area (Å²) in [5.74, 6) is 1.65. The van der Waals surface area contributed by atoms with Crippen molar-refractivity contribution in [3.05, 3.63) is 66.2 Å². The SMILES string of the molecule is C=CCOc1ccc(C(=O)NC(CC)c2ccccc2OC)cc1OC. The average Bonchev–Trinajstić information content (AvgIpc) is 2.70. The van der Waals surface area contributed by atoms with E-state index in [1.165, 1.54) is 0 Å². The summed E-state index contributed by atoms with van der Waals surface area (Å²) in [5.41, 5.74) is 1.45. The van der Waals surface area contributed by atoms with Gasteiger partial charge in [-0.3, -0.25) is 4.79 Å². The van der Waals surface area contributed by atoms with Crippen molar-refractivity contribution in [2.75, 3.05) is 20.8 Å². The van der Waals surface area contributed by atoms with Crippen LogP contribution in [-0.2, 0) is 0 Å². The first-order valence-corrected chi connectivity index (χ1v) is 8.50. The minimum Gasteiger partial charge on any atom is -0.496 e. The molecule has 26 heavy (non-hydrogen) atoms. The summed E-state index contributed by atoms with van der Waals surface area (Å²) in [6.07, 6.45) is 2.39. The number of amides is 1. The van der Waals surface area contributed by atoms with Gasteiger partial charge < -0.3 is 19.5 Å². The Morgan fingerprint density at radius 2 is 1.85 bits per heavy atom. The van der Waals surface area contributed by atoms with E-state index in [1.807, 2.05) is 31.2 Å². The smallest absolute Gasteiger partial charge is 0.251 e. The van der Waals surface area contributed by atoms with Crippen molar-refractivity contribution in [3.63, 3.8) is 0 Å². The van der Waals surface area contributed by atoms with Crippen molar-refractivity contribution in [3.8, 4) is 17.2 Å². The van der Waals surface area contributed by atoms with E-state index in [4.69, 9.17) is 14.2 Å². The molecule has 0 spiro atoms. The molecule has 0 radical (unpaired) electrons. The number of carbonyl (C=O) groups excluding carboxylic acids is 1. The van der Waals surface area contributed by atoms with Crippen LogP contribution < -0.4 is 19.5 Å². The third-order valence-electron chi connectivity index (χ3n) is 4.01. The summed E-state index contributed by atoms with van der Waals surface area (Å²) in [5, 5.41) is 3.06. The van der Waals surface area contributed by atoms with Gasteiger partial charge >= 0.3 is 0 Å². The maximum absolute atomic E-state index is 12.7.